The minimum absolute atomic E-state index is 0.00431. The monoisotopic (exact) mass is 589 g/mol. The Morgan fingerprint density at radius 2 is 1.85 bits per heavy atom. The van der Waals surface area contributed by atoms with Crippen molar-refractivity contribution in [1.82, 2.24) is 26.0 Å². The Morgan fingerprint density at radius 3 is 2.40 bits per heavy atom. The van der Waals surface area contributed by atoms with Crippen molar-refractivity contribution in [2.24, 2.45) is 35.0 Å². The van der Waals surface area contributed by atoms with Gasteiger partial charge in [0.25, 0.3) is 23.4 Å². The number of hydrazine groups is 1. The van der Waals surface area contributed by atoms with Crippen LogP contribution in [0.15, 0.2) is 0 Å². The molecule has 0 bridgehead atoms. The Kier molecular flexibility index (Phi) is 7.28. The van der Waals surface area contributed by atoms with Gasteiger partial charge in [-0.05, 0) is 42.4 Å². The van der Waals surface area contributed by atoms with Gasteiger partial charge in [-0.15, -0.1) is 0 Å². The van der Waals surface area contributed by atoms with E-state index in [9.17, 15) is 37.1 Å². The number of hydrogen-bond donors (Lipinski definition) is 3. The van der Waals surface area contributed by atoms with Crippen molar-refractivity contribution in [3.63, 3.8) is 0 Å². The molecule has 0 spiro atoms. The van der Waals surface area contributed by atoms with E-state index in [1.165, 1.54) is 4.90 Å². The second-order valence-corrected chi connectivity index (χ2v) is 13.3. The summed E-state index contributed by atoms with van der Waals surface area (Å²) in [6.07, 6.45) is 2.38. The predicted molar refractivity (Wildman–Crippen MR) is 135 cm³/mol. The zero-order chi connectivity index (χ0) is 29.3. The molecule has 0 aromatic heterocycles. The molecule has 2 aliphatic heterocycles. The van der Waals surface area contributed by atoms with Gasteiger partial charge >= 0.3 is 0 Å². The quantitative estimate of drug-likeness (QED) is 0.305. The summed E-state index contributed by atoms with van der Waals surface area (Å²) in [5, 5.41) is 6.01. The number of carbonyl (C=O) groups is 5. The van der Waals surface area contributed by atoms with E-state index in [0.717, 1.165) is 24.3 Å². The van der Waals surface area contributed by atoms with Gasteiger partial charge in [-0.25, -0.2) is 18.2 Å². The van der Waals surface area contributed by atoms with Gasteiger partial charge in [-0.3, -0.25) is 29.4 Å². The average Bonchev–Trinajstić information content (AvgIpc) is 3.54. The summed E-state index contributed by atoms with van der Waals surface area (Å²) < 4.78 is 41.0. The molecule has 40 heavy (non-hydrogen) atoms. The van der Waals surface area contributed by atoms with E-state index < -0.39 is 70.9 Å². The summed E-state index contributed by atoms with van der Waals surface area (Å²) in [6.45, 7) is 5.01. The number of likely N-dealkylation sites (tertiary alicyclic amines) is 1. The Labute approximate surface area is 235 Å². The topological polar surface area (TPSA) is 128 Å². The normalized spacial score (nSPS) is 34.7. The largest absolute Gasteiger partial charge is 0.353 e. The van der Waals surface area contributed by atoms with Crippen LogP contribution >= 0.6 is 11.6 Å². The molecule has 222 valence electrons. The summed E-state index contributed by atoms with van der Waals surface area (Å²) in [4.78, 5) is 66.5. The van der Waals surface area contributed by atoms with Gasteiger partial charge < -0.3 is 15.5 Å². The number of carbonyl (C=O) groups excluding carboxylic acids is 5. The molecule has 0 aromatic rings. The molecule has 0 unspecified atom stereocenters. The van der Waals surface area contributed by atoms with Gasteiger partial charge in [0.05, 0.1) is 12.5 Å². The maximum absolute atomic E-state index is 13.9. The highest BCUT2D eigenvalue weighted by atomic mass is 35.5. The Hall–Kier alpha value is -2.57. The zero-order valence-electron chi connectivity index (χ0n) is 22.6. The van der Waals surface area contributed by atoms with E-state index in [1.807, 2.05) is 0 Å². The van der Waals surface area contributed by atoms with Crippen molar-refractivity contribution >= 4 is 41.1 Å². The molecular formula is C26H35ClF3N5O5. The summed E-state index contributed by atoms with van der Waals surface area (Å²) in [5.41, 5.74) is -0.882. The molecule has 5 aliphatic rings. The fraction of sp³-hybridized carbons (Fsp3) is 0.808. The molecule has 3 N–H and O–H groups in total. The van der Waals surface area contributed by atoms with Crippen molar-refractivity contribution in [1.29, 1.82) is 0 Å². The summed E-state index contributed by atoms with van der Waals surface area (Å²) in [6, 6.07) is -2.22. The SMILES string of the molecule is CC(C)(C)[C@H](NC(=O)[C@@H]1CC1(F)F)C(=O)N1C[C@@H]2CCC[C@@H]2[C@H]1C(=O)NN(C[C@@H]1C(=O)N[C@@H]2C[C@H]12)C(=O)[C@@H](F)Cl. The number of halogens is 4. The molecule has 10 nitrogen and oxygen atoms in total. The molecule has 3 aliphatic carbocycles. The maximum Gasteiger partial charge on any atom is 0.291 e. The van der Waals surface area contributed by atoms with Crippen LogP contribution in [0, 0.1) is 35.0 Å². The van der Waals surface area contributed by atoms with Crippen molar-refractivity contribution in [3.05, 3.63) is 0 Å². The van der Waals surface area contributed by atoms with E-state index >= 15 is 0 Å². The number of hydrogen-bond acceptors (Lipinski definition) is 5. The number of nitrogens with one attached hydrogen (secondary N) is 3. The highest BCUT2D eigenvalue weighted by Gasteiger charge is 2.62. The van der Waals surface area contributed by atoms with Gasteiger partial charge in [0.15, 0.2) is 0 Å². The maximum atomic E-state index is 13.9. The molecule has 5 rings (SSSR count). The Balaban J connectivity index is 1.36. The number of piperidine rings is 1. The number of nitrogens with zero attached hydrogens (tertiary/aromatic N) is 2. The highest BCUT2D eigenvalue weighted by Crippen LogP contribution is 2.49. The van der Waals surface area contributed by atoms with Gasteiger partial charge in [0.2, 0.25) is 17.7 Å². The molecule has 9 atom stereocenters. The molecule has 5 amide bonds. The van der Waals surface area contributed by atoms with Crippen LogP contribution in [0.3, 0.4) is 0 Å². The fourth-order valence-electron chi connectivity index (χ4n) is 6.66. The lowest BCUT2D eigenvalue weighted by Gasteiger charge is -2.37. The molecular weight excluding hydrogens is 555 g/mol. The second kappa shape index (κ2) is 10.1. The summed E-state index contributed by atoms with van der Waals surface area (Å²) >= 11 is 5.43. The number of rotatable bonds is 7. The molecule has 3 saturated carbocycles. The predicted octanol–water partition coefficient (Wildman–Crippen LogP) is 1.33. The van der Waals surface area contributed by atoms with Crippen LogP contribution in [0.2, 0.25) is 0 Å². The Morgan fingerprint density at radius 1 is 1.18 bits per heavy atom. The first-order valence-corrected chi connectivity index (χ1v) is 14.2. The number of alkyl halides is 4. The molecule has 0 aromatic carbocycles. The summed E-state index contributed by atoms with van der Waals surface area (Å²) in [5.74, 6) is -9.27. The lowest BCUT2D eigenvalue weighted by Crippen LogP contribution is -2.61. The van der Waals surface area contributed by atoms with Gasteiger partial charge in [0.1, 0.15) is 18.0 Å². The zero-order valence-corrected chi connectivity index (χ0v) is 23.3. The third-order valence-electron chi connectivity index (χ3n) is 9.08. The van der Waals surface area contributed by atoms with E-state index in [-0.39, 0.29) is 42.8 Å². The van der Waals surface area contributed by atoms with Gasteiger partial charge in [0, 0.05) is 19.0 Å². The van der Waals surface area contributed by atoms with Gasteiger partial charge in [-0.2, -0.15) is 0 Å². The van der Waals surface area contributed by atoms with E-state index in [1.54, 1.807) is 20.8 Å². The average molecular weight is 590 g/mol. The molecule has 14 heteroatoms. The van der Waals surface area contributed by atoms with Crippen LogP contribution in [-0.4, -0.2) is 82.2 Å². The van der Waals surface area contributed by atoms with Gasteiger partial charge in [-0.1, -0.05) is 38.8 Å². The highest BCUT2D eigenvalue weighted by molar-refractivity contribution is 6.29. The van der Waals surface area contributed by atoms with Crippen molar-refractivity contribution in [2.75, 3.05) is 13.1 Å². The first-order valence-electron chi connectivity index (χ1n) is 13.8. The third-order valence-corrected chi connectivity index (χ3v) is 9.27. The lowest BCUT2D eigenvalue weighted by molar-refractivity contribution is -0.151. The smallest absolute Gasteiger partial charge is 0.291 e. The van der Waals surface area contributed by atoms with Crippen LogP contribution in [-0.2, 0) is 24.0 Å². The van der Waals surface area contributed by atoms with E-state index in [2.05, 4.69) is 16.1 Å². The van der Waals surface area contributed by atoms with E-state index in [4.69, 9.17) is 11.6 Å². The third kappa shape index (κ3) is 5.37. The van der Waals surface area contributed by atoms with Crippen molar-refractivity contribution < 1.29 is 37.1 Å². The van der Waals surface area contributed by atoms with E-state index in [0.29, 0.717) is 6.42 Å². The van der Waals surface area contributed by atoms with Crippen molar-refractivity contribution in [2.45, 2.75) is 82.6 Å². The van der Waals surface area contributed by atoms with Crippen LogP contribution in [0.4, 0.5) is 13.2 Å². The van der Waals surface area contributed by atoms with Crippen LogP contribution in [0.5, 0.6) is 0 Å². The van der Waals surface area contributed by atoms with Crippen molar-refractivity contribution in [3.8, 4) is 0 Å². The van der Waals surface area contributed by atoms with Crippen LogP contribution in [0.25, 0.3) is 0 Å². The number of fused-ring (bicyclic) bond motifs is 2. The molecule has 2 heterocycles. The minimum Gasteiger partial charge on any atom is -0.353 e. The fourth-order valence-corrected chi connectivity index (χ4v) is 6.77. The second-order valence-electron chi connectivity index (χ2n) is 13.0. The van der Waals surface area contributed by atoms with Crippen LogP contribution in [0.1, 0.15) is 52.9 Å². The molecule has 5 fully saturated rings. The number of amides is 5. The molecule has 0 radical (unpaired) electrons. The summed E-state index contributed by atoms with van der Waals surface area (Å²) in [7, 11) is 0. The first kappa shape index (κ1) is 28.9. The first-order chi connectivity index (χ1) is 18.6. The standard InChI is InChI=1S/C26H35ClF3N5O5/c1-25(2,3)18(32-21(37)15-8-26(15,29)30)23(39)34-9-11-5-4-6-12(11)17(34)22(38)33-35(24(40)19(27)28)10-14-13-7-16(13)31-20(14)36/h11-19H,4-10H2,1-3H3,(H,31,36)(H,32,37)(H,33,38)/t11-,12-,13+,14-,15-,16+,17-,18+,19+/m0/s1. The van der Waals surface area contributed by atoms with Crippen LogP contribution < -0.4 is 16.1 Å². The lowest BCUT2D eigenvalue weighted by atomic mass is 9.85. The Bertz CT molecular complexity index is 1120. The minimum atomic E-state index is -3.11. The molecule has 2 saturated heterocycles.